The van der Waals surface area contributed by atoms with Crippen LogP contribution in [0, 0.1) is 5.82 Å². The summed E-state index contributed by atoms with van der Waals surface area (Å²) in [5.41, 5.74) is 3.84. The first-order valence-corrected chi connectivity index (χ1v) is 11.3. The molecule has 160 valence electrons. The van der Waals surface area contributed by atoms with E-state index in [1.807, 2.05) is 41.2 Å². The first-order chi connectivity index (χ1) is 16.2. The minimum atomic E-state index is -0.242. The van der Waals surface area contributed by atoms with Crippen LogP contribution in [0.2, 0.25) is 0 Å². The van der Waals surface area contributed by atoms with Crippen LogP contribution < -0.4 is 5.32 Å². The first-order valence-electron chi connectivity index (χ1n) is 10.4. The number of aromatic nitrogens is 4. The van der Waals surface area contributed by atoms with E-state index in [1.165, 1.54) is 12.1 Å². The van der Waals surface area contributed by atoms with Gasteiger partial charge in [-0.2, -0.15) is 5.10 Å². The number of rotatable bonds is 5. The number of thiophene rings is 1. The molecule has 6 aromatic rings. The van der Waals surface area contributed by atoms with Crippen molar-refractivity contribution < 1.29 is 4.39 Å². The van der Waals surface area contributed by atoms with Gasteiger partial charge in [-0.25, -0.2) is 14.4 Å². The minimum Gasteiger partial charge on any atom is -0.340 e. The number of hydrogen-bond donors (Lipinski definition) is 1. The van der Waals surface area contributed by atoms with E-state index in [4.69, 9.17) is 0 Å². The zero-order chi connectivity index (χ0) is 22.4. The van der Waals surface area contributed by atoms with Gasteiger partial charge in [-0.3, -0.25) is 4.68 Å². The molecule has 6 rings (SSSR count). The Morgan fingerprint density at radius 1 is 1.06 bits per heavy atom. The Morgan fingerprint density at radius 2 is 2.00 bits per heavy atom. The van der Waals surface area contributed by atoms with E-state index >= 15 is 0 Å². The Balaban J connectivity index is 1.36. The van der Waals surface area contributed by atoms with Crippen molar-refractivity contribution in [3.05, 3.63) is 96.7 Å². The maximum absolute atomic E-state index is 13.5. The molecule has 5 nitrogen and oxygen atoms in total. The summed E-state index contributed by atoms with van der Waals surface area (Å²) in [5, 5.41) is 11.1. The van der Waals surface area contributed by atoms with Gasteiger partial charge >= 0.3 is 0 Å². The quantitative estimate of drug-likeness (QED) is 0.314. The van der Waals surface area contributed by atoms with Crippen molar-refractivity contribution in [2.24, 2.45) is 0 Å². The molecule has 0 saturated carbocycles. The van der Waals surface area contributed by atoms with Crippen LogP contribution >= 0.6 is 11.3 Å². The molecule has 1 N–H and O–H groups in total. The zero-order valence-electron chi connectivity index (χ0n) is 17.5. The average molecular weight is 452 g/mol. The molecule has 3 aromatic carbocycles. The fraction of sp³-hybridized carbons (Fsp3) is 0.0385. The van der Waals surface area contributed by atoms with Gasteiger partial charge in [0.15, 0.2) is 0 Å². The molecule has 0 saturated heterocycles. The van der Waals surface area contributed by atoms with E-state index in [0.717, 1.165) is 53.8 Å². The number of hydrogen-bond acceptors (Lipinski definition) is 5. The molecule has 3 heterocycles. The molecule has 7 heteroatoms. The fourth-order valence-corrected chi connectivity index (χ4v) is 5.17. The van der Waals surface area contributed by atoms with E-state index in [9.17, 15) is 4.39 Å². The number of nitrogens with one attached hydrogen (secondary N) is 1. The first kappa shape index (κ1) is 19.6. The number of fused-ring (bicyclic) bond motifs is 4. The lowest BCUT2D eigenvalue weighted by molar-refractivity contribution is 0.621. The zero-order valence-corrected chi connectivity index (χ0v) is 18.3. The van der Waals surface area contributed by atoms with Gasteiger partial charge in [0.2, 0.25) is 0 Å². The second kappa shape index (κ2) is 7.79. The number of anilines is 2. The van der Waals surface area contributed by atoms with Crippen molar-refractivity contribution >= 4 is 60.1 Å². The summed E-state index contributed by atoms with van der Waals surface area (Å²) in [6, 6.07) is 18.9. The Morgan fingerprint density at radius 3 is 2.88 bits per heavy atom. The van der Waals surface area contributed by atoms with Crippen LogP contribution in [-0.4, -0.2) is 19.7 Å². The lowest BCUT2D eigenvalue weighted by atomic mass is 10.1. The van der Waals surface area contributed by atoms with Crippen molar-refractivity contribution in [2.75, 3.05) is 5.32 Å². The molecule has 0 aliphatic heterocycles. The molecule has 0 unspecified atom stereocenters. The second-order valence-electron chi connectivity index (χ2n) is 7.79. The highest BCUT2D eigenvalue weighted by Gasteiger charge is 2.13. The van der Waals surface area contributed by atoms with Gasteiger partial charge < -0.3 is 5.32 Å². The normalized spacial score (nSPS) is 11.4. The summed E-state index contributed by atoms with van der Waals surface area (Å²) >= 11 is 1.64. The van der Waals surface area contributed by atoms with Crippen LogP contribution in [0.15, 0.2) is 79.8 Å². The Hall–Kier alpha value is -4.10. The average Bonchev–Trinajstić information content (AvgIpc) is 3.40. The number of nitrogens with zero attached hydrogens (tertiary/aromatic N) is 4. The maximum Gasteiger partial charge on any atom is 0.143 e. The van der Waals surface area contributed by atoms with Gasteiger partial charge in [0.25, 0.3) is 0 Å². The summed E-state index contributed by atoms with van der Waals surface area (Å²) in [5.74, 6) is 0.525. The highest BCUT2D eigenvalue weighted by atomic mass is 32.1. The highest BCUT2D eigenvalue weighted by Crippen LogP contribution is 2.37. The van der Waals surface area contributed by atoms with Gasteiger partial charge in [-0.15, -0.1) is 11.3 Å². The number of benzene rings is 3. The second-order valence-corrected chi connectivity index (χ2v) is 8.83. The molecule has 0 fully saturated rings. The van der Waals surface area contributed by atoms with E-state index in [2.05, 4.69) is 45.2 Å². The molecule has 0 amide bonds. The highest BCUT2D eigenvalue weighted by molar-refractivity contribution is 7.25. The summed E-state index contributed by atoms with van der Waals surface area (Å²) in [4.78, 5) is 9.94. The third-order valence-electron chi connectivity index (χ3n) is 5.66. The van der Waals surface area contributed by atoms with Crippen molar-refractivity contribution in [1.29, 1.82) is 0 Å². The van der Waals surface area contributed by atoms with Gasteiger partial charge in [0, 0.05) is 21.2 Å². The Bertz CT molecular complexity index is 1670. The smallest absolute Gasteiger partial charge is 0.143 e. The van der Waals surface area contributed by atoms with Crippen LogP contribution in [0.5, 0.6) is 0 Å². The van der Waals surface area contributed by atoms with E-state index < -0.39 is 0 Å². The Labute approximate surface area is 192 Å². The van der Waals surface area contributed by atoms with Crippen molar-refractivity contribution in [1.82, 2.24) is 19.7 Å². The van der Waals surface area contributed by atoms with Crippen LogP contribution in [0.3, 0.4) is 0 Å². The third kappa shape index (κ3) is 3.52. The summed E-state index contributed by atoms with van der Waals surface area (Å²) in [7, 11) is 0. The van der Waals surface area contributed by atoms with Crippen LogP contribution in [0.4, 0.5) is 15.9 Å². The molecule has 0 spiro atoms. The SMILES string of the molecule is C=Cc1ccc2c(c1)sc1ncnc(Nc3ccc4c(cnn4Cc4cccc(F)c4)c3)c12. The predicted octanol–water partition coefficient (Wildman–Crippen LogP) is 6.77. The van der Waals surface area contributed by atoms with E-state index in [0.29, 0.717) is 6.54 Å². The van der Waals surface area contributed by atoms with E-state index in [1.54, 1.807) is 23.7 Å². The van der Waals surface area contributed by atoms with Crippen LogP contribution in [0.1, 0.15) is 11.1 Å². The largest absolute Gasteiger partial charge is 0.340 e. The molecule has 0 bridgehead atoms. The van der Waals surface area contributed by atoms with Crippen LogP contribution in [0.25, 0.3) is 37.3 Å². The van der Waals surface area contributed by atoms with Crippen molar-refractivity contribution in [2.45, 2.75) is 6.54 Å². The maximum atomic E-state index is 13.5. The predicted molar refractivity (Wildman–Crippen MR) is 134 cm³/mol. The van der Waals surface area contributed by atoms with Gasteiger partial charge in [0.1, 0.15) is 22.8 Å². The summed E-state index contributed by atoms with van der Waals surface area (Å²) in [6.07, 6.45) is 5.26. The monoisotopic (exact) mass is 451 g/mol. The standard InChI is InChI=1S/C26H18FN5S/c1-2-16-6-8-21-23(11-16)33-26-24(21)25(28-15-29-26)31-20-7-9-22-18(12-20)13-30-32(22)14-17-4-3-5-19(27)10-17/h2-13,15H,1,14H2,(H,28,29,31). The lowest BCUT2D eigenvalue weighted by Gasteiger charge is -2.08. The molecule has 3 aromatic heterocycles. The summed E-state index contributed by atoms with van der Waals surface area (Å²) < 4.78 is 16.6. The van der Waals surface area contributed by atoms with Gasteiger partial charge in [-0.05, 0) is 47.5 Å². The number of halogens is 1. The van der Waals surface area contributed by atoms with Gasteiger partial charge in [-0.1, -0.05) is 36.9 Å². The molecule has 33 heavy (non-hydrogen) atoms. The fourth-order valence-electron chi connectivity index (χ4n) is 4.08. The molecule has 0 radical (unpaired) electrons. The molecule has 0 aliphatic rings. The molecule has 0 aliphatic carbocycles. The van der Waals surface area contributed by atoms with Gasteiger partial charge in [0.05, 0.1) is 23.6 Å². The van der Waals surface area contributed by atoms with Crippen LogP contribution in [-0.2, 0) is 6.54 Å². The van der Waals surface area contributed by atoms with Crippen molar-refractivity contribution in [3.63, 3.8) is 0 Å². The van der Waals surface area contributed by atoms with Crippen molar-refractivity contribution in [3.8, 4) is 0 Å². The van der Waals surface area contributed by atoms with E-state index in [-0.39, 0.29) is 5.82 Å². The molecule has 0 atom stereocenters. The third-order valence-corrected chi connectivity index (χ3v) is 6.72. The topological polar surface area (TPSA) is 55.6 Å². The summed E-state index contributed by atoms with van der Waals surface area (Å²) in [6.45, 7) is 4.37. The molecular formula is C26H18FN5S. The Kier molecular flexibility index (Phi) is 4.62. The lowest BCUT2D eigenvalue weighted by Crippen LogP contribution is -2.01. The molecular weight excluding hydrogens is 433 g/mol. The minimum absolute atomic E-state index is 0.242.